The van der Waals surface area contributed by atoms with Crippen molar-refractivity contribution in [2.24, 2.45) is 0 Å². The molecule has 108 valence electrons. The van der Waals surface area contributed by atoms with Crippen molar-refractivity contribution < 1.29 is 4.39 Å². The van der Waals surface area contributed by atoms with E-state index in [4.69, 9.17) is 5.26 Å². The average molecular weight is 283 g/mol. The molecule has 2 atom stereocenters. The smallest absolute Gasteiger partial charge is 0.122 e. The first-order valence-corrected chi connectivity index (χ1v) is 6.86. The van der Waals surface area contributed by atoms with Crippen LogP contribution in [0.4, 0.5) is 4.39 Å². The van der Waals surface area contributed by atoms with Crippen LogP contribution in [0.15, 0.2) is 42.6 Å². The molecule has 4 heteroatoms. The van der Waals surface area contributed by atoms with Gasteiger partial charge in [-0.15, -0.1) is 0 Å². The molecule has 21 heavy (non-hydrogen) atoms. The summed E-state index contributed by atoms with van der Waals surface area (Å²) in [6.45, 7) is 7.90. The molecule has 0 bridgehead atoms. The van der Waals surface area contributed by atoms with Crippen LogP contribution in [0.25, 0.3) is 5.70 Å². The molecule has 0 saturated heterocycles. The Morgan fingerprint density at radius 1 is 1.62 bits per heavy atom. The Morgan fingerprint density at radius 2 is 2.38 bits per heavy atom. The van der Waals surface area contributed by atoms with Crippen LogP contribution < -0.4 is 5.32 Å². The van der Waals surface area contributed by atoms with Gasteiger partial charge in [-0.05, 0) is 25.5 Å². The number of aryl methyl sites for hydroxylation is 1. The Balaban J connectivity index is 2.12. The Hall–Kier alpha value is -2.41. The maximum Gasteiger partial charge on any atom is 0.122 e. The maximum atomic E-state index is 13.1. The number of halogens is 1. The molecule has 0 aromatic carbocycles. The molecule has 0 saturated carbocycles. The van der Waals surface area contributed by atoms with Crippen molar-refractivity contribution in [2.45, 2.75) is 32.5 Å². The van der Waals surface area contributed by atoms with E-state index in [1.165, 1.54) is 0 Å². The summed E-state index contributed by atoms with van der Waals surface area (Å²) in [5.74, 6) is 0. The van der Waals surface area contributed by atoms with Gasteiger partial charge in [0.25, 0.3) is 0 Å². The maximum absolute atomic E-state index is 13.1. The van der Waals surface area contributed by atoms with E-state index in [1.54, 1.807) is 24.4 Å². The normalized spacial score (nSPS) is 18.6. The van der Waals surface area contributed by atoms with E-state index in [9.17, 15) is 4.39 Å². The molecule has 1 aromatic rings. The van der Waals surface area contributed by atoms with Gasteiger partial charge >= 0.3 is 0 Å². The van der Waals surface area contributed by atoms with Crippen LogP contribution in [0.5, 0.6) is 0 Å². The highest BCUT2D eigenvalue weighted by molar-refractivity contribution is 5.65. The minimum atomic E-state index is -0.886. The van der Waals surface area contributed by atoms with Crippen LogP contribution in [0.2, 0.25) is 0 Å². The van der Waals surface area contributed by atoms with Crippen molar-refractivity contribution >= 4 is 5.70 Å². The number of nitrogens with zero attached hydrogens (tertiary/aromatic N) is 2. The highest BCUT2D eigenvalue weighted by atomic mass is 19.1. The van der Waals surface area contributed by atoms with Crippen molar-refractivity contribution in [3.63, 3.8) is 0 Å². The van der Waals surface area contributed by atoms with Crippen LogP contribution in [0.3, 0.4) is 0 Å². The lowest BCUT2D eigenvalue weighted by molar-refractivity contribution is 0.399. The van der Waals surface area contributed by atoms with Gasteiger partial charge in [0, 0.05) is 35.6 Å². The third-order valence-corrected chi connectivity index (χ3v) is 3.51. The molecule has 0 radical (unpaired) electrons. The molecular weight excluding hydrogens is 265 g/mol. The lowest BCUT2D eigenvalue weighted by Crippen LogP contribution is -2.27. The first-order valence-electron chi connectivity index (χ1n) is 6.86. The highest BCUT2D eigenvalue weighted by Crippen LogP contribution is 2.20. The van der Waals surface area contributed by atoms with Crippen LogP contribution >= 0.6 is 0 Å². The number of nitrogens with one attached hydrogen (secondary N) is 1. The number of rotatable bonds is 4. The Bertz CT molecular complexity index is 652. The van der Waals surface area contributed by atoms with Gasteiger partial charge in [-0.2, -0.15) is 5.26 Å². The van der Waals surface area contributed by atoms with E-state index in [0.29, 0.717) is 17.7 Å². The molecule has 1 heterocycles. The molecule has 2 rings (SSSR count). The Labute approximate surface area is 124 Å². The fourth-order valence-corrected chi connectivity index (χ4v) is 2.25. The number of pyridine rings is 1. The van der Waals surface area contributed by atoms with E-state index >= 15 is 0 Å². The third kappa shape index (κ3) is 3.57. The second-order valence-electron chi connectivity index (χ2n) is 5.13. The molecule has 1 aliphatic carbocycles. The Morgan fingerprint density at radius 3 is 3.00 bits per heavy atom. The molecule has 0 fully saturated rings. The Kier molecular flexibility index (Phi) is 4.54. The summed E-state index contributed by atoms with van der Waals surface area (Å²) in [6.07, 6.45) is 6.34. The first kappa shape index (κ1) is 15.0. The van der Waals surface area contributed by atoms with E-state index in [1.807, 2.05) is 19.9 Å². The fraction of sp³-hybridized carbons (Fsp3) is 0.294. The van der Waals surface area contributed by atoms with E-state index in [2.05, 4.69) is 22.9 Å². The lowest BCUT2D eigenvalue weighted by Gasteiger charge is -2.21. The predicted molar refractivity (Wildman–Crippen MR) is 82.1 cm³/mol. The summed E-state index contributed by atoms with van der Waals surface area (Å²) < 4.78 is 13.1. The van der Waals surface area contributed by atoms with Crippen LogP contribution in [-0.2, 0) is 0 Å². The van der Waals surface area contributed by atoms with Crippen molar-refractivity contribution in [3.05, 3.63) is 59.5 Å². The quantitative estimate of drug-likeness (QED) is 0.921. The minimum Gasteiger partial charge on any atom is -0.378 e. The van der Waals surface area contributed by atoms with Gasteiger partial charge in [0.1, 0.15) is 12.2 Å². The molecule has 3 nitrogen and oxygen atoms in total. The van der Waals surface area contributed by atoms with Crippen LogP contribution in [0, 0.1) is 18.3 Å². The van der Waals surface area contributed by atoms with Gasteiger partial charge in [0.15, 0.2) is 0 Å². The largest absolute Gasteiger partial charge is 0.378 e. The van der Waals surface area contributed by atoms with E-state index < -0.39 is 6.17 Å². The summed E-state index contributed by atoms with van der Waals surface area (Å²) in [5.41, 5.74) is 3.89. The van der Waals surface area contributed by atoms with Crippen LogP contribution in [0.1, 0.15) is 30.2 Å². The van der Waals surface area contributed by atoms with E-state index in [-0.39, 0.29) is 6.04 Å². The van der Waals surface area contributed by atoms with Gasteiger partial charge in [0.2, 0.25) is 0 Å². The zero-order valence-corrected chi connectivity index (χ0v) is 12.2. The van der Waals surface area contributed by atoms with Crippen molar-refractivity contribution in [1.29, 1.82) is 5.26 Å². The van der Waals surface area contributed by atoms with Crippen molar-refractivity contribution in [2.75, 3.05) is 0 Å². The zero-order valence-electron chi connectivity index (χ0n) is 12.2. The molecule has 1 N–H and O–H groups in total. The monoisotopic (exact) mass is 283 g/mol. The predicted octanol–water partition coefficient (Wildman–Crippen LogP) is 3.43. The van der Waals surface area contributed by atoms with Gasteiger partial charge in [-0.25, -0.2) is 4.39 Å². The molecule has 2 unspecified atom stereocenters. The molecule has 0 amide bonds. The number of alkyl halides is 1. The number of hydrogen-bond acceptors (Lipinski definition) is 3. The van der Waals surface area contributed by atoms with Gasteiger partial charge in [-0.1, -0.05) is 24.8 Å². The second-order valence-corrected chi connectivity index (χ2v) is 5.13. The van der Waals surface area contributed by atoms with Crippen molar-refractivity contribution in [1.82, 2.24) is 10.3 Å². The molecular formula is C17H18FN3. The summed E-state index contributed by atoms with van der Waals surface area (Å²) in [4.78, 5) is 4.20. The lowest BCUT2D eigenvalue weighted by atomic mass is 9.99. The summed E-state index contributed by atoms with van der Waals surface area (Å²) in [5, 5.41) is 12.2. The van der Waals surface area contributed by atoms with E-state index in [0.717, 1.165) is 16.8 Å². The van der Waals surface area contributed by atoms with Gasteiger partial charge in [0.05, 0.1) is 5.56 Å². The summed E-state index contributed by atoms with van der Waals surface area (Å²) in [6, 6.07) is 3.87. The first-order chi connectivity index (χ1) is 10.0. The topological polar surface area (TPSA) is 48.7 Å². The standard InChI is InChI=1S/C17H18FN3/c1-11(15-4-6-16(18)7-5-15)21-13(3)17-8-14(9-19)10-20-12(17)2/h4-6,8,10-11,16,21H,3,7H2,1-2H3. The number of allylic oxidation sites excluding steroid dienone is 2. The SMILES string of the molecule is C=C(NC(C)C1=CCC(F)C=C1)c1cc(C#N)cnc1C. The molecule has 1 aromatic heterocycles. The number of nitriles is 1. The third-order valence-electron chi connectivity index (χ3n) is 3.51. The minimum absolute atomic E-state index is 0.0198. The average Bonchev–Trinajstić information content (AvgIpc) is 2.48. The fourth-order valence-electron chi connectivity index (χ4n) is 2.25. The zero-order chi connectivity index (χ0) is 15.4. The van der Waals surface area contributed by atoms with Gasteiger partial charge in [-0.3, -0.25) is 4.98 Å². The number of aromatic nitrogens is 1. The summed E-state index contributed by atoms with van der Waals surface area (Å²) >= 11 is 0. The summed E-state index contributed by atoms with van der Waals surface area (Å²) in [7, 11) is 0. The second kappa shape index (κ2) is 6.36. The van der Waals surface area contributed by atoms with Crippen molar-refractivity contribution in [3.8, 4) is 6.07 Å². The highest BCUT2D eigenvalue weighted by Gasteiger charge is 2.14. The molecule has 1 aliphatic rings. The van der Waals surface area contributed by atoms with Gasteiger partial charge < -0.3 is 5.32 Å². The van der Waals surface area contributed by atoms with Crippen LogP contribution in [-0.4, -0.2) is 17.2 Å². The number of hydrogen-bond donors (Lipinski definition) is 1. The molecule has 0 aliphatic heterocycles. The molecule has 0 spiro atoms.